The van der Waals surface area contributed by atoms with Crippen LogP contribution < -0.4 is 4.74 Å². The lowest BCUT2D eigenvalue weighted by Gasteiger charge is -2.24. The number of benzene rings is 2. The molecule has 0 bridgehead atoms. The summed E-state index contributed by atoms with van der Waals surface area (Å²) >= 11 is 0. The third-order valence-corrected chi connectivity index (χ3v) is 4.00. The minimum Gasteiger partial charge on any atom is -0.474 e. The van der Waals surface area contributed by atoms with E-state index >= 15 is 0 Å². The van der Waals surface area contributed by atoms with Crippen molar-refractivity contribution >= 4 is 5.91 Å². The lowest BCUT2D eigenvalue weighted by Crippen LogP contribution is -2.35. The van der Waals surface area contributed by atoms with Crippen LogP contribution in [0.1, 0.15) is 30.1 Å². The maximum Gasteiger partial charge on any atom is 0.268 e. The summed E-state index contributed by atoms with van der Waals surface area (Å²) in [6.45, 7) is 1.54. The van der Waals surface area contributed by atoms with Crippen molar-refractivity contribution < 1.29 is 9.53 Å². The van der Waals surface area contributed by atoms with Crippen LogP contribution in [-0.4, -0.2) is 23.9 Å². The van der Waals surface area contributed by atoms with Crippen LogP contribution >= 0.6 is 0 Å². The first-order chi connectivity index (χ1) is 11.3. The molecule has 0 aromatic heterocycles. The van der Waals surface area contributed by atoms with Crippen molar-refractivity contribution in [2.45, 2.75) is 18.9 Å². The molecule has 1 aliphatic rings. The van der Waals surface area contributed by atoms with Crippen LogP contribution in [0.5, 0.6) is 5.75 Å². The number of carbonyl (C=O) groups is 1. The summed E-state index contributed by atoms with van der Waals surface area (Å²) in [4.78, 5) is 14.7. The third-order valence-electron chi connectivity index (χ3n) is 4.00. The molecule has 0 saturated carbocycles. The molecule has 1 atom stereocenters. The Hall–Kier alpha value is -2.80. The van der Waals surface area contributed by atoms with Gasteiger partial charge in [-0.25, -0.2) is 0 Å². The molecule has 2 aromatic rings. The van der Waals surface area contributed by atoms with Gasteiger partial charge in [0.05, 0.1) is 5.56 Å². The van der Waals surface area contributed by atoms with E-state index in [4.69, 9.17) is 4.74 Å². The van der Waals surface area contributed by atoms with Gasteiger partial charge < -0.3 is 9.64 Å². The van der Waals surface area contributed by atoms with Crippen LogP contribution in [0.2, 0.25) is 0 Å². The van der Waals surface area contributed by atoms with Crippen molar-refractivity contribution in [2.24, 2.45) is 0 Å². The summed E-state index contributed by atoms with van der Waals surface area (Å²) in [5.41, 5.74) is 1.24. The first kappa shape index (κ1) is 15.1. The number of likely N-dealkylation sites (tertiary alicyclic amines) is 1. The molecule has 1 aliphatic heterocycles. The van der Waals surface area contributed by atoms with Gasteiger partial charge in [-0.1, -0.05) is 42.5 Å². The summed E-state index contributed by atoms with van der Waals surface area (Å²) in [5, 5.41) is 9.23. The lowest BCUT2D eigenvalue weighted by atomic mass is 10.1. The van der Waals surface area contributed by atoms with Crippen LogP contribution in [0.4, 0.5) is 0 Å². The van der Waals surface area contributed by atoms with Gasteiger partial charge in [0.25, 0.3) is 5.91 Å². The molecule has 23 heavy (non-hydrogen) atoms. The minimum absolute atomic E-state index is 0.0403. The van der Waals surface area contributed by atoms with Crippen LogP contribution in [0.3, 0.4) is 0 Å². The fraction of sp³-hybridized carbons (Fsp3) is 0.263. The normalized spacial score (nSPS) is 15.0. The van der Waals surface area contributed by atoms with E-state index < -0.39 is 6.10 Å². The van der Waals surface area contributed by atoms with Crippen LogP contribution in [0.25, 0.3) is 0 Å². The monoisotopic (exact) mass is 306 g/mol. The van der Waals surface area contributed by atoms with Gasteiger partial charge in [0, 0.05) is 18.7 Å². The van der Waals surface area contributed by atoms with Crippen molar-refractivity contribution in [2.75, 3.05) is 13.1 Å². The average Bonchev–Trinajstić information content (AvgIpc) is 3.15. The predicted octanol–water partition coefficient (Wildman–Crippen LogP) is 3.30. The minimum atomic E-state index is -0.719. The number of nitrogens with zero attached hydrogens (tertiary/aromatic N) is 2. The Bertz CT molecular complexity index is 716. The fourth-order valence-electron chi connectivity index (χ4n) is 2.78. The van der Waals surface area contributed by atoms with Gasteiger partial charge in [-0.2, -0.15) is 5.26 Å². The number of nitriles is 1. The topological polar surface area (TPSA) is 53.3 Å². The molecule has 0 aliphatic carbocycles. The Morgan fingerprint density at radius 2 is 1.70 bits per heavy atom. The zero-order chi connectivity index (χ0) is 16.1. The highest BCUT2D eigenvalue weighted by Gasteiger charge is 2.29. The molecular weight excluding hydrogens is 288 g/mol. The van der Waals surface area contributed by atoms with Gasteiger partial charge in [0.1, 0.15) is 11.8 Å². The lowest BCUT2D eigenvalue weighted by molar-refractivity contribution is -0.138. The van der Waals surface area contributed by atoms with Crippen LogP contribution in [-0.2, 0) is 4.79 Å². The molecule has 116 valence electrons. The number of hydrogen-bond donors (Lipinski definition) is 0. The standard InChI is InChI=1S/C19H18N2O2/c20-14-16-10-4-5-11-17(16)23-18(15-8-2-1-3-9-15)19(22)21-12-6-7-13-21/h1-5,8-11,18H,6-7,12-13H2/t18-/m0/s1. The predicted molar refractivity (Wildman–Crippen MR) is 86.8 cm³/mol. The van der Waals surface area contributed by atoms with E-state index in [9.17, 15) is 10.1 Å². The Morgan fingerprint density at radius 3 is 2.39 bits per heavy atom. The maximum atomic E-state index is 12.9. The molecule has 1 saturated heterocycles. The van der Waals surface area contributed by atoms with Gasteiger partial charge in [-0.05, 0) is 25.0 Å². The summed E-state index contributed by atoms with van der Waals surface area (Å²) in [5.74, 6) is 0.401. The molecule has 1 fully saturated rings. The van der Waals surface area contributed by atoms with Crippen molar-refractivity contribution in [3.63, 3.8) is 0 Å². The van der Waals surface area contributed by atoms with Crippen LogP contribution in [0.15, 0.2) is 54.6 Å². The van der Waals surface area contributed by atoms with E-state index in [1.54, 1.807) is 24.3 Å². The molecule has 2 aromatic carbocycles. The van der Waals surface area contributed by atoms with Crippen molar-refractivity contribution in [1.29, 1.82) is 5.26 Å². The maximum absolute atomic E-state index is 12.9. The van der Waals surface area contributed by atoms with Crippen LogP contribution in [0, 0.1) is 11.3 Å². The molecule has 4 heteroatoms. The number of hydrogen-bond acceptors (Lipinski definition) is 3. The number of para-hydroxylation sites is 1. The van der Waals surface area contributed by atoms with Crippen molar-refractivity contribution in [3.05, 3.63) is 65.7 Å². The molecule has 1 amide bonds. The second-order valence-corrected chi connectivity index (χ2v) is 5.55. The van der Waals surface area contributed by atoms with Gasteiger partial charge in [0.2, 0.25) is 6.10 Å². The Morgan fingerprint density at radius 1 is 1.04 bits per heavy atom. The van der Waals surface area contributed by atoms with Gasteiger partial charge in [0.15, 0.2) is 0 Å². The second kappa shape index (κ2) is 6.97. The molecule has 4 nitrogen and oxygen atoms in total. The van der Waals surface area contributed by atoms with E-state index in [-0.39, 0.29) is 5.91 Å². The largest absolute Gasteiger partial charge is 0.474 e. The SMILES string of the molecule is N#Cc1ccccc1O[C@H](C(=O)N1CCCC1)c1ccccc1. The van der Waals surface area contributed by atoms with E-state index in [0.29, 0.717) is 11.3 Å². The summed E-state index contributed by atoms with van der Waals surface area (Å²) in [7, 11) is 0. The Balaban J connectivity index is 1.92. The molecule has 1 heterocycles. The zero-order valence-corrected chi connectivity index (χ0v) is 12.8. The number of carbonyl (C=O) groups excluding carboxylic acids is 1. The van der Waals surface area contributed by atoms with E-state index in [1.165, 1.54) is 0 Å². The number of rotatable bonds is 4. The molecular formula is C19H18N2O2. The van der Waals surface area contributed by atoms with E-state index in [2.05, 4.69) is 6.07 Å². The molecule has 3 rings (SSSR count). The summed E-state index contributed by atoms with van der Waals surface area (Å²) < 4.78 is 5.98. The Kier molecular flexibility index (Phi) is 4.58. The first-order valence-corrected chi connectivity index (χ1v) is 7.79. The molecule has 0 spiro atoms. The molecule has 0 N–H and O–H groups in total. The highest BCUT2D eigenvalue weighted by Crippen LogP contribution is 2.27. The summed E-state index contributed by atoms with van der Waals surface area (Å²) in [6.07, 6.45) is 1.34. The average molecular weight is 306 g/mol. The highest BCUT2D eigenvalue weighted by atomic mass is 16.5. The second-order valence-electron chi connectivity index (χ2n) is 5.55. The highest BCUT2D eigenvalue weighted by molar-refractivity contribution is 5.83. The zero-order valence-electron chi connectivity index (χ0n) is 12.8. The number of amides is 1. The fourth-order valence-corrected chi connectivity index (χ4v) is 2.78. The first-order valence-electron chi connectivity index (χ1n) is 7.79. The van der Waals surface area contributed by atoms with Gasteiger partial charge in [-0.15, -0.1) is 0 Å². The number of ether oxygens (including phenoxy) is 1. The third kappa shape index (κ3) is 3.35. The quantitative estimate of drug-likeness (QED) is 0.871. The molecule has 0 radical (unpaired) electrons. The molecule has 0 unspecified atom stereocenters. The van der Waals surface area contributed by atoms with Gasteiger partial charge >= 0.3 is 0 Å². The Labute approximate surface area is 135 Å². The van der Waals surface area contributed by atoms with E-state index in [1.807, 2.05) is 35.2 Å². The summed E-state index contributed by atoms with van der Waals surface area (Å²) in [6, 6.07) is 18.6. The smallest absolute Gasteiger partial charge is 0.268 e. The van der Waals surface area contributed by atoms with Crippen molar-refractivity contribution in [1.82, 2.24) is 4.90 Å². The van der Waals surface area contributed by atoms with Crippen molar-refractivity contribution in [3.8, 4) is 11.8 Å². The van der Waals surface area contributed by atoms with E-state index in [0.717, 1.165) is 31.5 Å². The van der Waals surface area contributed by atoms with Gasteiger partial charge in [-0.3, -0.25) is 4.79 Å².